The van der Waals surface area contributed by atoms with Crippen LogP contribution in [-0.4, -0.2) is 89.8 Å². The van der Waals surface area contributed by atoms with Crippen LogP contribution in [0.3, 0.4) is 0 Å². The van der Waals surface area contributed by atoms with Crippen molar-refractivity contribution in [1.29, 1.82) is 0 Å². The number of fused-ring (bicyclic) bond motifs is 1. The molecule has 4 heterocycles. The molecule has 11 heteroatoms. The molecule has 2 fully saturated rings. The van der Waals surface area contributed by atoms with Gasteiger partial charge in [0.15, 0.2) is 14.6 Å². The van der Waals surface area contributed by atoms with Crippen LogP contribution in [0.4, 0.5) is 4.79 Å². The molecule has 1 aromatic heterocycles. The van der Waals surface area contributed by atoms with Crippen LogP contribution in [0.15, 0.2) is 12.3 Å². The summed E-state index contributed by atoms with van der Waals surface area (Å²) in [7, 11) is -3.84. The van der Waals surface area contributed by atoms with Crippen molar-refractivity contribution in [2.45, 2.75) is 30.7 Å². The third-order valence-electron chi connectivity index (χ3n) is 6.45. The number of rotatable bonds is 6. The normalized spacial score (nSPS) is 20.2. The number of nitrogens with zero attached hydrogens (tertiary/aromatic N) is 3. The maximum Gasteiger partial charge on any atom is 1.00 e. The number of carboxylic acids is 1. The Morgan fingerprint density at radius 2 is 2.03 bits per heavy atom. The minimum absolute atomic E-state index is 0. The van der Waals surface area contributed by atoms with Crippen LogP contribution in [0.5, 0.6) is 0 Å². The van der Waals surface area contributed by atoms with Crippen LogP contribution >= 0.6 is 0 Å². The summed E-state index contributed by atoms with van der Waals surface area (Å²) in [4.78, 5) is 27.9. The summed E-state index contributed by atoms with van der Waals surface area (Å²) in [5.74, 6) is 10.8. The van der Waals surface area contributed by atoms with E-state index in [1.807, 2.05) is 0 Å². The second kappa shape index (κ2) is 9.58. The van der Waals surface area contributed by atoms with Crippen molar-refractivity contribution in [1.82, 2.24) is 14.4 Å². The van der Waals surface area contributed by atoms with E-state index in [0.29, 0.717) is 17.5 Å². The van der Waals surface area contributed by atoms with Crippen LogP contribution in [0.25, 0.3) is 0 Å². The zero-order chi connectivity index (χ0) is 23.1. The van der Waals surface area contributed by atoms with Crippen molar-refractivity contribution in [3.8, 4) is 23.7 Å². The molecule has 0 radical (unpaired) electrons. The van der Waals surface area contributed by atoms with Gasteiger partial charge in [0.1, 0.15) is 0 Å². The number of sulfone groups is 1. The van der Waals surface area contributed by atoms with Gasteiger partial charge in [-0.2, -0.15) is 0 Å². The first-order chi connectivity index (χ1) is 15.1. The predicted octanol–water partition coefficient (Wildman–Crippen LogP) is -2.65. The number of aromatic nitrogens is 1. The van der Waals surface area contributed by atoms with Crippen LogP contribution in [0.1, 0.15) is 26.0 Å². The van der Waals surface area contributed by atoms with Crippen molar-refractivity contribution < 1.29 is 48.1 Å². The van der Waals surface area contributed by atoms with Gasteiger partial charge in [0.2, 0.25) is 0 Å². The van der Waals surface area contributed by atoms with Gasteiger partial charge in [0, 0.05) is 49.3 Å². The van der Waals surface area contributed by atoms with E-state index in [0.717, 1.165) is 38.3 Å². The number of carbonyl (C=O) groups excluding carboxylic acids is 1. The maximum atomic E-state index is 12.6. The number of amides is 1. The Kier molecular flexibility index (Phi) is 7.38. The third kappa shape index (κ3) is 5.01. The van der Waals surface area contributed by atoms with Crippen LogP contribution in [0, 0.1) is 29.6 Å². The van der Waals surface area contributed by atoms with E-state index in [1.165, 1.54) is 16.4 Å². The number of aliphatic carboxylic acids is 1. The molecule has 2 saturated heterocycles. The molecule has 0 aliphatic carbocycles. The van der Waals surface area contributed by atoms with Gasteiger partial charge in [0.25, 0.3) is 0 Å². The predicted molar refractivity (Wildman–Crippen MR) is 117 cm³/mol. The van der Waals surface area contributed by atoms with Gasteiger partial charge in [-0.15, -0.1) is 0 Å². The number of carbonyl (C=O) groups is 2. The number of likely N-dealkylation sites (tertiary alicyclic amines) is 1. The Hall–Kier alpha value is -2.19. The summed E-state index contributed by atoms with van der Waals surface area (Å²) in [6.07, 6.45) is 2.34. The summed E-state index contributed by atoms with van der Waals surface area (Å²) in [5.41, 5.74) is 1.40. The zero-order valence-electron chi connectivity index (χ0n) is 20.0. The van der Waals surface area contributed by atoms with Gasteiger partial charge in [-0.1, -0.05) is 11.8 Å². The molecule has 1 atom stereocenters. The molecule has 0 bridgehead atoms. The molecule has 172 valence electrons. The standard InChI is InChI=1S/C22H25N3O6S.Li.H/c1-22(20(26)27,32(2,29)30)7-8-23-13-18-9-16(12-25(18)21(23)28)5-3-4-6-17-10-24(11-17)19-14-31-15-19;;/h9,12,17,19H,7-8,10-11,13-15H2,1-2H3,(H,26,27);;/q;+1;-1. The fourth-order valence-electron chi connectivity index (χ4n) is 3.84. The van der Waals surface area contributed by atoms with Crippen molar-refractivity contribution in [2.24, 2.45) is 5.92 Å². The van der Waals surface area contributed by atoms with Crippen molar-refractivity contribution in [3.05, 3.63) is 23.5 Å². The number of ether oxygens (including phenoxy) is 1. The van der Waals surface area contributed by atoms with Gasteiger partial charge >= 0.3 is 30.9 Å². The second-order valence-electron chi connectivity index (χ2n) is 8.71. The minimum Gasteiger partial charge on any atom is -1.00 e. The van der Waals surface area contributed by atoms with Gasteiger partial charge < -0.3 is 16.2 Å². The molecule has 1 aromatic rings. The van der Waals surface area contributed by atoms with Gasteiger partial charge in [0.05, 0.1) is 25.8 Å². The average molecular weight is 467 g/mol. The maximum absolute atomic E-state index is 12.6. The minimum atomic E-state index is -3.84. The molecule has 0 spiro atoms. The van der Waals surface area contributed by atoms with Crippen LogP contribution in [0.2, 0.25) is 0 Å². The monoisotopic (exact) mass is 467 g/mol. The van der Waals surface area contributed by atoms with Gasteiger partial charge in [-0.25, -0.2) is 13.2 Å². The fourth-order valence-corrected chi connectivity index (χ4v) is 4.62. The summed E-state index contributed by atoms with van der Waals surface area (Å²) < 4.78 is 28.6. The molecule has 33 heavy (non-hydrogen) atoms. The molecule has 0 saturated carbocycles. The molecule has 0 aromatic carbocycles. The molecule has 3 aliphatic rings. The Balaban J connectivity index is 0.00000204. The Labute approximate surface area is 207 Å². The first-order valence-corrected chi connectivity index (χ1v) is 12.2. The van der Waals surface area contributed by atoms with Crippen molar-refractivity contribution >= 4 is 21.8 Å². The smallest absolute Gasteiger partial charge is 1.00 e. The van der Waals surface area contributed by atoms with E-state index in [1.54, 1.807) is 12.3 Å². The van der Waals surface area contributed by atoms with Crippen LogP contribution < -0.4 is 18.9 Å². The van der Waals surface area contributed by atoms with E-state index in [9.17, 15) is 23.1 Å². The van der Waals surface area contributed by atoms with E-state index in [4.69, 9.17) is 4.74 Å². The van der Waals surface area contributed by atoms with E-state index in [2.05, 4.69) is 28.6 Å². The molecule has 1 amide bonds. The molecule has 3 aliphatic heterocycles. The Morgan fingerprint density at radius 3 is 2.58 bits per heavy atom. The SMILES string of the molecule is CC(CCN1Cc2cc(C#CC#CC3CN(C4COC4)C3)cn2C1=O)(C(=O)O)S(C)(=O)=O.[H-].[Li+]. The second-order valence-corrected chi connectivity index (χ2v) is 11.2. The molecule has 9 nitrogen and oxygen atoms in total. The largest absolute Gasteiger partial charge is 1.00 e. The molecule has 4 rings (SSSR count). The summed E-state index contributed by atoms with van der Waals surface area (Å²) >= 11 is 0. The van der Waals surface area contributed by atoms with E-state index in [-0.39, 0.29) is 45.8 Å². The molecular formula is C22H26LiN3O6S. The summed E-state index contributed by atoms with van der Waals surface area (Å²) in [6, 6.07) is 2.01. The van der Waals surface area contributed by atoms with Crippen LogP contribution in [-0.2, 0) is 25.9 Å². The Morgan fingerprint density at radius 1 is 1.33 bits per heavy atom. The Bertz CT molecular complexity index is 1180. The van der Waals surface area contributed by atoms with E-state index < -0.39 is 20.6 Å². The zero-order valence-corrected chi connectivity index (χ0v) is 19.8. The summed E-state index contributed by atoms with van der Waals surface area (Å²) in [5, 5.41) is 9.36. The third-order valence-corrected chi connectivity index (χ3v) is 8.47. The van der Waals surface area contributed by atoms with E-state index >= 15 is 0 Å². The molecular weight excluding hydrogens is 441 g/mol. The van der Waals surface area contributed by atoms with Crippen molar-refractivity contribution in [3.63, 3.8) is 0 Å². The average Bonchev–Trinajstić information content (AvgIpc) is 3.16. The van der Waals surface area contributed by atoms with Gasteiger partial charge in [-0.3, -0.25) is 14.3 Å². The first kappa shape index (κ1) is 25.4. The quantitative estimate of drug-likeness (QED) is 0.360. The number of hydrogen-bond donors (Lipinski definition) is 1. The molecule has 1 unspecified atom stereocenters. The van der Waals surface area contributed by atoms with Gasteiger partial charge in [-0.05, 0) is 31.3 Å². The first-order valence-electron chi connectivity index (χ1n) is 10.4. The number of carboxylic acid groups (broad SMARTS) is 1. The fraction of sp³-hybridized carbons (Fsp3) is 0.545. The topological polar surface area (TPSA) is 109 Å². The van der Waals surface area contributed by atoms with Crippen molar-refractivity contribution in [2.75, 3.05) is 39.1 Å². The summed E-state index contributed by atoms with van der Waals surface area (Å²) in [6.45, 7) is 4.99. The molecule has 1 N–H and O–H groups in total. The number of hydrogen-bond acceptors (Lipinski definition) is 6.